The van der Waals surface area contributed by atoms with Gasteiger partial charge in [-0.3, -0.25) is 9.59 Å². The first-order valence-corrected chi connectivity index (χ1v) is 7.93. The fraction of sp³-hybridized carbons (Fsp3) is 0.875. The van der Waals surface area contributed by atoms with Gasteiger partial charge in [0.2, 0.25) is 5.91 Å². The van der Waals surface area contributed by atoms with Crippen molar-refractivity contribution in [3.8, 4) is 0 Å². The third kappa shape index (κ3) is 12.0. The van der Waals surface area contributed by atoms with Crippen LogP contribution in [0.2, 0.25) is 0 Å². The lowest BCUT2D eigenvalue weighted by Crippen LogP contribution is -2.37. The van der Waals surface area contributed by atoms with E-state index in [2.05, 4.69) is 10.1 Å². The molecule has 23 heavy (non-hydrogen) atoms. The van der Waals surface area contributed by atoms with Crippen LogP contribution in [-0.4, -0.2) is 56.5 Å². The smallest absolute Gasteiger partial charge is 0.306 e. The lowest BCUT2D eigenvalue weighted by Gasteiger charge is -2.29. The fourth-order valence-electron chi connectivity index (χ4n) is 1.63. The van der Waals surface area contributed by atoms with E-state index in [0.29, 0.717) is 26.3 Å². The minimum Gasteiger partial charge on any atom is -0.469 e. The monoisotopic (exact) mass is 332 g/mol. The summed E-state index contributed by atoms with van der Waals surface area (Å²) < 4.78 is 15.9. The first-order chi connectivity index (χ1) is 10.6. The Labute approximate surface area is 139 Å². The molecule has 7 nitrogen and oxygen atoms in total. The van der Waals surface area contributed by atoms with Gasteiger partial charge in [-0.05, 0) is 34.1 Å². The van der Waals surface area contributed by atoms with Crippen LogP contribution >= 0.6 is 0 Å². The number of carbonyl (C=O) groups is 2. The summed E-state index contributed by atoms with van der Waals surface area (Å²) in [6.07, 6.45) is 0.938. The zero-order chi connectivity index (χ0) is 17.9. The molecule has 7 heteroatoms. The molecule has 0 radical (unpaired) electrons. The van der Waals surface area contributed by atoms with E-state index in [1.807, 2.05) is 27.7 Å². The minimum atomic E-state index is -0.391. The number of amides is 1. The SMILES string of the molecule is COC(=O)CCC(=O)NCCOC(C)(C)CCOC(C)(C)CN. The summed E-state index contributed by atoms with van der Waals surface area (Å²) in [5.74, 6) is -0.581. The van der Waals surface area contributed by atoms with E-state index < -0.39 is 5.97 Å². The van der Waals surface area contributed by atoms with Gasteiger partial charge in [-0.15, -0.1) is 0 Å². The molecule has 0 fully saturated rings. The molecule has 0 aromatic heterocycles. The first-order valence-electron chi connectivity index (χ1n) is 7.93. The number of esters is 1. The maximum Gasteiger partial charge on any atom is 0.306 e. The Hall–Kier alpha value is -1.18. The first kappa shape index (κ1) is 21.8. The van der Waals surface area contributed by atoms with Crippen molar-refractivity contribution >= 4 is 11.9 Å². The number of nitrogens with one attached hydrogen (secondary N) is 1. The van der Waals surface area contributed by atoms with Crippen LogP contribution in [-0.2, 0) is 23.8 Å². The Kier molecular flexibility index (Phi) is 10.0. The molecule has 0 unspecified atom stereocenters. The molecule has 0 heterocycles. The van der Waals surface area contributed by atoms with E-state index in [-0.39, 0.29) is 30.0 Å². The molecule has 136 valence electrons. The minimum absolute atomic E-state index is 0.0863. The number of carbonyl (C=O) groups excluding carboxylic acids is 2. The Morgan fingerprint density at radius 3 is 2.17 bits per heavy atom. The zero-order valence-electron chi connectivity index (χ0n) is 15.1. The Balaban J connectivity index is 3.80. The van der Waals surface area contributed by atoms with Crippen LogP contribution in [0.15, 0.2) is 0 Å². The van der Waals surface area contributed by atoms with Crippen molar-refractivity contribution in [1.29, 1.82) is 0 Å². The van der Waals surface area contributed by atoms with Crippen molar-refractivity contribution in [1.82, 2.24) is 5.32 Å². The van der Waals surface area contributed by atoms with Crippen LogP contribution in [0.4, 0.5) is 0 Å². The highest BCUT2D eigenvalue weighted by Gasteiger charge is 2.21. The Bertz CT molecular complexity index is 369. The molecule has 0 rings (SSSR count). The highest BCUT2D eigenvalue weighted by atomic mass is 16.5. The fourth-order valence-corrected chi connectivity index (χ4v) is 1.63. The number of nitrogens with two attached hydrogens (primary N) is 1. The van der Waals surface area contributed by atoms with E-state index in [4.69, 9.17) is 15.2 Å². The summed E-state index contributed by atoms with van der Waals surface area (Å²) in [6.45, 7) is 9.68. The van der Waals surface area contributed by atoms with Gasteiger partial charge in [0.1, 0.15) is 0 Å². The quantitative estimate of drug-likeness (QED) is 0.408. The van der Waals surface area contributed by atoms with Crippen molar-refractivity contribution < 1.29 is 23.8 Å². The standard InChI is InChI=1S/C16H32N2O5/c1-15(2,8-10-22-16(3,4)12-17)23-11-9-18-13(19)6-7-14(20)21-5/h6-12,17H2,1-5H3,(H,18,19). The summed E-state index contributed by atoms with van der Waals surface area (Å²) in [6, 6.07) is 0. The van der Waals surface area contributed by atoms with Crippen molar-refractivity contribution in [2.75, 3.05) is 33.4 Å². The van der Waals surface area contributed by atoms with Crippen molar-refractivity contribution in [2.24, 2.45) is 5.73 Å². The molecule has 0 aliphatic heterocycles. The maximum atomic E-state index is 11.5. The molecule has 0 aliphatic carbocycles. The summed E-state index contributed by atoms with van der Waals surface area (Å²) in [5, 5.41) is 2.70. The van der Waals surface area contributed by atoms with Gasteiger partial charge in [-0.25, -0.2) is 0 Å². The summed E-state index contributed by atoms with van der Waals surface area (Å²) >= 11 is 0. The van der Waals surface area contributed by atoms with Crippen molar-refractivity contribution in [3.63, 3.8) is 0 Å². The van der Waals surface area contributed by atoms with Gasteiger partial charge in [0.25, 0.3) is 0 Å². The van der Waals surface area contributed by atoms with Crippen LogP contribution in [0.25, 0.3) is 0 Å². The third-order valence-electron chi connectivity index (χ3n) is 3.39. The molecule has 0 aliphatic rings. The van der Waals surface area contributed by atoms with Gasteiger partial charge in [0, 0.05) is 19.5 Å². The van der Waals surface area contributed by atoms with Gasteiger partial charge < -0.3 is 25.3 Å². The molecule has 1 amide bonds. The topological polar surface area (TPSA) is 99.9 Å². The molecule has 0 aromatic carbocycles. The lowest BCUT2D eigenvalue weighted by molar-refractivity contribution is -0.142. The van der Waals surface area contributed by atoms with Crippen LogP contribution in [0.5, 0.6) is 0 Å². The molecular formula is C16H32N2O5. The lowest BCUT2D eigenvalue weighted by atomic mass is 10.1. The van der Waals surface area contributed by atoms with Gasteiger partial charge in [0.05, 0.1) is 37.9 Å². The number of hydrogen-bond acceptors (Lipinski definition) is 6. The zero-order valence-corrected chi connectivity index (χ0v) is 15.1. The largest absolute Gasteiger partial charge is 0.469 e. The average molecular weight is 332 g/mol. The molecule has 0 bridgehead atoms. The molecule has 0 spiro atoms. The Morgan fingerprint density at radius 1 is 1.00 bits per heavy atom. The molecule has 0 saturated heterocycles. The predicted octanol–water partition coefficient (Wildman–Crippen LogP) is 0.995. The number of methoxy groups -OCH3 is 1. The van der Waals surface area contributed by atoms with Gasteiger partial charge in [-0.1, -0.05) is 0 Å². The van der Waals surface area contributed by atoms with Crippen LogP contribution in [0.1, 0.15) is 47.0 Å². The second kappa shape index (κ2) is 10.6. The van der Waals surface area contributed by atoms with Gasteiger partial charge >= 0.3 is 5.97 Å². The van der Waals surface area contributed by atoms with E-state index in [9.17, 15) is 9.59 Å². The highest BCUT2D eigenvalue weighted by Crippen LogP contribution is 2.16. The van der Waals surface area contributed by atoms with Crippen molar-refractivity contribution in [3.05, 3.63) is 0 Å². The molecule has 0 atom stereocenters. The Morgan fingerprint density at radius 2 is 1.61 bits per heavy atom. The van der Waals surface area contributed by atoms with Gasteiger partial charge in [-0.2, -0.15) is 0 Å². The number of rotatable bonds is 12. The molecule has 0 aromatic rings. The van der Waals surface area contributed by atoms with Crippen LogP contribution in [0.3, 0.4) is 0 Å². The second-order valence-electron chi connectivity index (χ2n) is 6.60. The number of ether oxygens (including phenoxy) is 3. The molecule has 0 saturated carbocycles. The average Bonchev–Trinajstić information content (AvgIpc) is 2.48. The van der Waals surface area contributed by atoms with Crippen LogP contribution in [0, 0.1) is 0 Å². The molecule has 3 N–H and O–H groups in total. The van der Waals surface area contributed by atoms with Crippen molar-refractivity contribution in [2.45, 2.75) is 58.2 Å². The van der Waals surface area contributed by atoms with Crippen LogP contribution < -0.4 is 11.1 Å². The molecular weight excluding hydrogens is 300 g/mol. The van der Waals surface area contributed by atoms with E-state index in [0.717, 1.165) is 6.42 Å². The normalized spacial score (nSPS) is 12.1. The second-order valence-corrected chi connectivity index (χ2v) is 6.60. The predicted molar refractivity (Wildman–Crippen MR) is 88.0 cm³/mol. The number of hydrogen-bond donors (Lipinski definition) is 2. The summed E-state index contributed by atoms with van der Waals surface area (Å²) in [5.41, 5.74) is 4.93. The summed E-state index contributed by atoms with van der Waals surface area (Å²) in [7, 11) is 1.30. The highest BCUT2D eigenvalue weighted by molar-refractivity contribution is 5.81. The summed E-state index contributed by atoms with van der Waals surface area (Å²) in [4.78, 5) is 22.4. The van der Waals surface area contributed by atoms with E-state index in [1.165, 1.54) is 7.11 Å². The van der Waals surface area contributed by atoms with Gasteiger partial charge in [0.15, 0.2) is 0 Å². The van der Waals surface area contributed by atoms with E-state index >= 15 is 0 Å². The maximum absolute atomic E-state index is 11.5. The van der Waals surface area contributed by atoms with E-state index in [1.54, 1.807) is 0 Å². The third-order valence-corrected chi connectivity index (χ3v) is 3.39.